The van der Waals surface area contributed by atoms with Gasteiger partial charge >= 0.3 is 5.97 Å². The molecule has 0 amide bonds. The van der Waals surface area contributed by atoms with Gasteiger partial charge in [-0.3, -0.25) is 0 Å². The standard InChI is InChI=1S/C18H16ClNO3S/c19-13-7-9-14(10-8-13)22-12-18(21)23-20-16-5-3-11-24-17-6-2-1-4-15(16)17/h1-2,4,6-10H,3,5,11-12H2. The van der Waals surface area contributed by atoms with Crippen LogP contribution in [0.2, 0.25) is 5.02 Å². The second-order valence-electron chi connectivity index (χ2n) is 5.19. The van der Waals surface area contributed by atoms with E-state index >= 15 is 0 Å². The normalized spacial score (nSPS) is 15.5. The van der Waals surface area contributed by atoms with Gasteiger partial charge in [0.1, 0.15) is 5.75 Å². The summed E-state index contributed by atoms with van der Waals surface area (Å²) >= 11 is 7.60. The monoisotopic (exact) mass is 361 g/mol. The molecule has 3 rings (SSSR count). The predicted molar refractivity (Wildman–Crippen MR) is 96.0 cm³/mol. The Labute approximate surface area is 149 Å². The molecule has 0 bridgehead atoms. The molecule has 0 aromatic heterocycles. The molecular formula is C18H16ClNO3S. The Morgan fingerprint density at radius 3 is 2.79 bits per heavy atom. The molecule has 24 heavy (non-hydrogen) atoms. The van der Waals surface area contributed by atoms with Crippen LogP contribution in [0.1, 0.15) is 18.4 Å². The Morgan fingerprint density at radius 1 is 1.17 bits per heavy atom. The summed E-state index contributed by atoms with van der Waals surface area (Å²) < 4.78 is 5.35. The van der Waals surface area contributed by atoms with Crippen molar-refractivity contribution in [2.45, 2.75) is 17.7 Å². The topological polar surface area (TPSA) is 47.9 Å². The molecule has 0 spiro atoms. The Kier molecular flexibility index (Phi) is 5.77. The maximum absolute atomic E-state index is 11.8. The number of hydrogen-bond acceptors (Lipinski definition) is 5. The lowest BCUT2D eigenvalue weighted by atomic mass is 10.1. The van der Waals surface area contributed by atoms with Crippen molar-refractivity contribution in [1.82, 2.24) is 0 Å². The first kappa shape index (κ1) is 16.9. The van der Waals surface area contributed by atoms with Gasteiger partial charge in [0.05, 0.1) is 5.71 Å². The van der Waals surface area contributed by atoms with Gasteiger partial charge in [0.15, 0.2) is 6.61 Å². The van der Waals surface area contributed by atoms with Crippen LogP contribution in [-0.2, 0) is 9.63 Å². The number of nitrogens with zero attached hydrogens (tertiary/aromatic N) is 1. The summed E-state index contributed by atoms with van der Waals surface area (Å²) in [6.07, 6.45) is 1.78. The lowest BCUT2D eigenvalue weighted by molar-refractivity contribution is -0.146. The number of rotatable bonds is 4. The smallest absolute Gasteiger partial charge is 0.372 e. The van der Waals surface area contributed by atoms with Crippen molar-refractivity contribution < 1.29 is 14.4 Å². The maximum Gasteiger partial charge on any atom is 0.372 e. The second kappa shape index (κ2) is 8.22. The molecule has 1 aliphatic heterocycles. The molecule has 124 valence electrons. The number of carbonyl (C=O) groups excluding carboxylic acids is 1. The van der Waals surface area contributed by atoms with Crippen molar-refractivity contribution in [3.8, 4) is 5.75 Å². The molecule has 0 saturated heterocycles. The SMILES string of the molecule is O=C(COc1ccc(Cl)cc1)ON=C1CCCSc2ccccc21. The lowest BCUT2D eigenvalue weighted by Gasteiger charge is -2.07. The van der Waals surface area contributed by atoms with Crippen molar-refractivity contribution in [1.29, 1.82) is 0 Å². The zero-order valence-corrected chi connectivity index (χ0v) is 14.5. The summed E-state index contributed by atoms with van der Waals surface area (Å²) in [6, 6.07) is 14.8. The van der Waals surface area contributed by atoms with Gasteiger partial charge in [-0.2, -0.15) is 0 Å². The molecule has 1 heterocycles. The number of halogens is 1. The van der Waals surface area contributed by atoms with Gasteiger partial charge in [0, 0.05) is 15.5 Å². The van der Waals surface area contributed by atoms with Crippen molar-refractivity contribution in [3.63, 3.8) is 0 Å². The highest BCUT2D eigenvalue weighted by Gasteiger charge is 2.15. The van der Waals surface area contributed by atoms with Gasteiger partial charge in [-0.25, -0.2) is 4.79 Å². The predicted octanol–water partition coefficient (Wildman–Crippen LogP) is 4.55. The van der Waals surface area contributed by atoms with Crippen LogP contribution in [0.5, 0.6) is 5.75 Å². The fourth-order valence-corrected chi connectivity index (χ4v) is 3.44. The molecule has 6 heteroatoms. The molecule has 0 radical (unpaired) electrons. The average molecular weight is 362 g/mol. The minimum Gasteiger partial charge on any atom is -0.482 e. The molecule has 0 fully saturated rings. The molecule has 0 N–H and O–H groups in total. The fourth-order valence-electron chi connectivity index (χ4n) is 2.29. The first-order chi connectivity index (χ1) is 11.7. The number of carbonyl (C=O) groups is 1. The van der Waals surface area contributed by atoms with E-state index in [1.54, 1.807) is 36.0 Å². The Bertz CT molecular complexity index is 746. The Morgan fingerprint density at radius 2 is 1.96 bits per heavy atom. The quantitative estimate of drug-likeness (QED) is 0.592. The molecule has 4 nitrogen and oxygen atoms in total. The molecule has 0 unspecified atom stereocenters. The third-order valence-corrected chi connectivity index (χ3v) is 4.85. The first-order valence-electron chi connectivity index (χ1n) is 7.59. The van der Waals surface area contributed by atoms with E-state index in [1.807, 2.05) is 18.2 Å². The first-order valence-corrected chi connectivity index (χ1v) is 8.96. The van der Waals surface area contributed by atoms with E-state index in [9.17, 15) is 4.79 Å². The summed E-state index contributed by atoms with van der Waals surface area (Å²) in [4.78, 5) is 18.0. The minimum absolute atomic E-state index is 0.200. The fraction of sp³-hybridized carbons (Fsp3) is 0.222. The van der Waals surface area contributed by atoms with E-state index in [-0.39, 0.29) is 6.61 Å². The Balaban J connectivity index is 1.60. The van der Waals surface area contributed by atoms with Gasteiger partial charge in [0.2, 0.25) is 0 Å². The summed E-state index contributed by atoms with van der Waals surface area (Å²) in [6.45, 7) is -0.200. The molecule has 0 saturated carbocycles. The van der Waals surface area contributed by atoms with Crippen LogP contribution in [0.3, 0.4) is 0 Å². The highest BCUT2D eigenvalue weighted by Crippen LogP contribution is 2.29. The maximum atomic E-state index is 11.8. The molecule has 0 atom stereocenters. The molecule has 1 aliphatic rings. The van der Waals surface area contributed by atoms with Gasteiger partial charge < -0.3 is 9.57 Å². The van der Waals surface area contributed by atoms with Crippen LogP contribution in [0.4, 0.5) is 0 Å². The van der Waals surface area contributed by atoms with Crippen LogP contribution < -0.4 is 4.74 Å². The van der Waals surface area contributed by atoms with E-state index in [4.69, 9.17) is 21.2 Å². The van der Waals surface area contributed by atoms with Gasteiger partial charge in [0.25, 0.3) is 0 Å². The van der Waals surface area contributed by atoms with Crippen LogP contribution in [0.25, 0.3) is 0 Å². The van der Waals surface area contributed by atoms with Crippen molar-refractivity contribution >= 4 is 35.0 Å². The average Bonchev–Trinajstić information content (AvgIpc) is 2.82. The van der Waals surface area contributed by atoms with Crippen molar-refractivity contribution in [2.75, 3.05) is 12.4 Å². The lowest BCUT2D eigenvalue weighted by Crippen LogP contribution is -2.14. The molecular weight excluding hydrogens is 346 g/mol. The third-order valence-electron chi connectivity index (χ3n) is 3.44. The minimum atomic E-state index is -0.535. The van der Waals surface area contributed by atoms with Crippen molar-refractivity contribution in [3.05, 3.63) is 59.1 Å². The van der Waals surface area contributed by atoms with E-state index in [0.717, 1.165) is 29.9 Å². The van der Waals surface area contributed by atoms with E-state index in [0.29, 0.717) is 10.8 Å². The zero-order chi connectivity index (χ0) is 16.8. The largest absolute Gasteiger partial charge is 0.482 e. The molecule has 2 aromatic rings. The number of benzene rings is 2. The van der Waals surface area contributed by atoms with E-state index in [2.05, 4.69) is 11.2 Å². The van der Waals surface area contributed by atoms with Gasteiger partial charge in [-0.05, 0) is 48.9 Å². The van der Waals surface area contributed by atoms with Crippen LogP contribution in [0, 0.1) is 0 Å². The summed E-state index contributed by atoms with van der Waals surface area (Å²) in [7, 11) is 0. The highest BCUT2D eigenvalue weighted by molar-refractivity contribution is 7.99. The number of fused-ring (bicyclic) bond motifs is 1. The van der Waals surface area contributed by atoms with Crippen LogP contribution in [0.15, 0.2) is 58.6 Å². The summed E-state index contributed by atoms with van der Waals surface area (Å²) in [5.74, 6) is 1.05. The molecule has 0 aliphatic carbocycles. The number of oxime groups is 1. The number of ether oxygens (including phenoxy) is 1. The van der Waals surface area contributed by atoms with E-state index < -0.39 is 5.97 Å². The third kappa shape index (κ3) is 4.52. The van der Waals surface area contributed by atoms with Crippen LogP contribution in [-0.4, -0.2) is 24.0 Å². The highest BCUT2D eigenvalue weighted by atomic mass is 35.5. The van der Waals surface area contributed by atoms with Gasteiger partial charge in [-0.15, -0.1) is 11.8 Å². The molecule has 2 aromatic carbocycles. The number of hydrogen-bond donors (Lipinski definition) is 0. The van der Waals surface area contributed by atoms with Crippen LogP contribution >= 0.6 is 23.4 Å². The summed E-state index contributed by atoms with van der Waals surface area (Å²) in [5.41, 5.74) is 1.84. The van der Waals surface area contributed by atoms with Crippen molar-refractivity contribution in [2.24, 2.45) is 5.16 Å². The Hall–Kier alpha value is -1.98. The second-order valence-corrected chi connectivity index (χ2v) is 6.77. The van der Waals surface area contributed by atoms with Gasteiger partial charge in [-0.1, -0.05) is 35.0 Å². The summed E-state index contributed by atoms with van der Waals surface area (Å²) in [5, 5.41) is 4.68. The number of thioether (sulfide) groups is 1. The van der Waals surface area contributed by atoms with E-state index in [1.165, 1.54) is 4.90 Å². The zero-order valence-electron chi connectivity index (χ0n) is 12.9.